The predicted molar refractivity (Wildman–Crippen MR) is 106 cm³/mol. The fourth-order valence-electron chi connectivity index (χ4n) is 2.35. The second-order valence-electron chi connectivity index (χ2n) is 5.19. The smallest absolute Gasteiger partial charge is 0.237 e. The van der Waals surface area contributed by atoms with E-state index in [0.29, 0.717) is 0 Å². The van der Waals surface area contributed by atoms with E-state index in [2.05, 4.69) is 23.5 Å². The Morgan fingerprint density at radius 3 is 1.92 bits per heavy atom. The molecular formula is C19H19BCl2N2. The molecule has 0 unspecified atom stereocenters. The number of halogens is 2. The number of nitrogens with zero attached hydrogens (tertiary/aromatic N) is 1. The van der Waals surface area contributed by atoms with Gasteiger partial charge in [0.1, 0.15) is 0 Å². The molecule has 0 saturated carbocycles. The molecule has 0 aliphatic rings. The van der Waals surface area contributed by atoms with E-state index in [0.717, 1.165) is 27.4 Å². The van der Waals surface area contributed by atoms with Crippen molar-refractivity contribution in [2.24, 2.45) is 0 Å². The van der Waals surface area contributed by atoms with Crippen LogP contribution in [0.4, 0.5) is 0 Å². The lowest BCUT2D eigenvalue weighted by Crippen LogP contribution is -2.41. The Kier molecular flexibility index (Phi) is 7.17. The van der Waals surface area contributed by atoms with E-state index in [4.69, 9.17) is 23.2 Å². The van der Waals surface area contributed by atoms with Gasteiger partial charge in [0.25, 0.3) is 0 Å². The van der Waals surface area contributed by atoms with Gasteiger partial charge in [-0.2, -0.15) is 0 Å². The van der Waals surface area contributed by atoms with Gasteiger partial charge in [0.2, 0.25) is 6.71 Å². The van der Waals surface area contributed by atoms with Gasteiger partial charge in [-0.1, -0.05) is 77.4 Å². The van der Waals surface area contributed by atoms with Crippen LogP contribution in [0.3, 0.4) is 0 Å². The molecule has 2 nitrogen and oxygen atoms in total. The first-order valence-electron chi connectivity index (χ1n) is 7.76. The van der Waals surface area contributed by atoms with Crippen LogP contribution in [0.1, 0.15) is 12.6 Å². The van der Waals surface area contributed by atoms with Crippen molar-refractivity contribution in [2.45, 2.75) is 13.3 Å². The number of nitrogens with one attached hydrogen (secondary N) is 1. The Morgan fingerprint density at radius 1 is 1.04 bits per heavy atom. The zero-order chi connectivity index (χ0) is 17.4. The molecule has 3 aromatic rings. The van der Waals surface area contributed by atoms with Gasteiger partial charge in [-0.25, -0.2) is 4.98 Å². The molecule has 1 aromatic heterocycles. The fourth-order valence-corrected chi connectivity index (χ4v) is 2.86. The zero-order valence-electron chi connectivity index (χ0n) is 13.5. The summed E-state index contributed by atoms with van der Waals surface area (Å²) in [7, 11) is 0. The van der Waals surface area contributed by atoms with E-state index in [9.17, 15) is 0 Å². The summed E-state index contributed by atoms with van der Waals surface area (Å²) in [5.41, 5.74) is 3.24. The largest absolute Gasteiger partial charge is 0.349 e. The van der Waals surface area contributed by atoms with Gasteiger partial charge >= 0.3 is 0 Å². The van der Waals surface area contributed by atoms with E-state index >= 15 is 0 Å². The normalized spacial score (nSPS) is 9.79. The van der Waals surface area contributed by atoms with Crippen LogP contribution in [-0.4, -0.2) is 16.7 Å². The molecule has 0 bridgehead atoms. The highest BCUT2D eigenvalue weighted by Gasteiger charge is 2.19. The molecule has 0 saturated heterocycles. The van der Waals surface area contributed by atoms with E-state index in [1.165, 1.54) is 5.69 Å². The maximum Gasteiger partial charge on any atom is 0.237 e. The lowest BCUT2D eigenvalue weighted by Gasteiger charge is -2.13. The first-order valence-corrected chi connectivity index (χ1v) is 8.51. The van der Waals surface area contributed by atoms with Gasteiger partial charge < -0.3 is 4.98 Å². The monoisotopic (exact) mass is 356 g/mol. The van der Waals surface area contributed by atoms with Gasteiger partial charge in [0.15, 0.2) is 0 Å². The maximum atomic E-state index is 6.21. The fraction of sp³-hybridized carbons (Fsp3) is 0.105. The molecule has 0 aliphatic heterocycles. The van der Waals surface area contributed by atoms with E-state index in [-0.39, 0.29) is 6.71 Å². The van der Waals surface area contributed by atoms with Crippen molar-refractivity contribution in [1.82, 2.24) is 9.97 Å². The Hall–Kier alpha value is -1.97. The molecule has 3 rings (SSSR count). The minimum Gasteiger partial charge on any atom is -0.349 e. The number of hydrogen-bond donors (Lipinski definition) is 1. The molecule has 0 aliphatic carbocycles. The standard InChI is InChI=1S/C14H11BCl2.C5H8N2/c1-2-15(11-7-3-5-9-13(11)16)12-8-4-6-10-14(12)17;1-2-5-3-6-4-7-5/h2-10H,1H2;3-4H,2H2,1H3,(H,6,7). The van der Waals surface area contributed by atoms with Gasteiger partial charge in [-0.05, 0) is 18.6 Å². The van der Waals surface area contributed by atoms with Crippen LogP contribution in [0.25, 0.3) is 0 Å². The van der Waals surface area contributed by atoms with Crippen LogP contribution in [-0.2, 0) is 6.42 Å². The molecule has 0 radical (unpaired) electrons. The summed E-state index contributed by atoms with van der Waals surface area (Å²) < 4.78 is 0. The first kappa shape index (κ1) is 18.4. The van der Waals surface area contributed by atoms with Crippen LogP contribution < -0.4 is 10.9 Å². The molecule has 0 fully saturated rings. The highest BCUT2D eigenvalue weighted by molar-refractivity contribution is 6.91. The van der Waals surface area contributed by atoms with Gasteiger partial charge in [-0.3, -0.25) is 0 Å². The number of aromatic amines is 1. The summed E-state index contributed by atoms with van der Waals surface area (Å²) in [5, 5.41) is 1.47. The Labute approximate surface area is 153 Å². The third kappa shape index (κ3) is 4.76. The van der Waals surface area contributed by atoms with E-state index in [1.807, 2.05) is 60.7 Å². The number of hydrogen-bond acceptors (Lipinski definition) is 1. The topological polar surface area (TPSA) is 28.7 Å². The molecule has 122 valence electrons. The van der Waals surface area contributed by atoms with Crippen molar-refractivity contribution in [3.05, 3.63) is 89.3 Å². The number of aromatic nitrogens is 2. The van der Waals surface area contributed by atoms with Crippen LogP contribution in [0.2, 0.25) is 10.0 Å². The SMILES string of the molecule is C=CB(c1ccccc1Cl)c1ccccc1Cl.CCc1cnc[nH]1. The number of imidazole rings is 1. The van der Waals surface area contributed by atoms with Gasteiger partial charge in [0, 0.05) is 21.9 Å². The minimum absolute atomic E-state index is 0.0254. The molecule has 0 spiro atoms. The molecule has 0 atom stereocenters. The van der Waals surface area contributed by atoms with Crippen molar-refractivity contribution in [3.8, 4) is 0 Å². The number of H-pyrrole nitrogens is 1. The third-order valence-corrected chi connectivity index (χ3v) is 4.34. The summed E-state index contributed by atoms with van der Waals surface area (Å²) in [4.78, 5) is 6.81. The average molecular weight is 357 g/mol. The van der Waals surface area contributed by atoms with E-state index in [1.54, 1.807) is 6.33 Å². The molecule has 2 aromatic carbocycles. The summed E-state index contributed by atoms with van der Waals surface area (Å²) in [5.74, 6) is 1.86. The second-order valence-corrected chi connectivity index (χ2v) is 6.00. The third-order valence-electron chi connectivity index (χ3n) is 3.65. The van der Waals surface area contributed by atoms with Crippen molar-refractivity contribution < 1.29 is 0 Å². The number of aryl methyl sites for hydroxylation is 1. The zero-order valence-corrected chi connectivity index (χ0v) is 15.1. The van der Waals surface area contributed by atoms with Crippen molar-refractivity contribution in [1.29, 1.82) is 0 Å². The van der Waals surface area contributed by atoms with Crippen LogP contribution in [0, 0.1) is 0 Å². The molecule has 1 N–H and O–H groups in total. The molecule has 5 heteroatoms. The summed E-state index contributed by atoms with van der Waals surface area (Å²) in [6.45, 7) is 5.99. The predicted octanol–water partition coefficient (Wildman–Crippen LogP) is 4.30. The Morgan fingerprint density at radius 2 is 1.58 bits per heavy atom. The first-order chi connectivity index (χ1) is 11.7. The van der Waals surface area contributed by atoms with Crippen molar-refractivity contribution >= 4 is 40.8 Å². The van der Waals surface area contributed by atoms with Crippen LogP contribution in [0.5, 0.6) is 0 Å². The van der Waals surface area contributed by atoms with Gasteiger partial charge in [0.05, 0.1) is 6.33 Å². The van der Waals surface area contributed by atoms with Crippen LogP contribution >= 0.6 is 23.2 Å². The maximum absolute atomic E-state index is 6.21. The molecule has 0 amide bonds. The summed E-state index contributed by atoms with van der Waals surface area (Å²) in [6.07, 6.45) is 4.57. The molecule has 24 heavy (non-hydrogen) atoms. The highest BCUT2D eigenvalue weighted by atomic mass is 35.5. The number of benzene rings is 2. The summed E-state index contributed by atoms with van der Waals surface area (Å²) >= 11 is 12.4. The molecule has 1 heterocycles. The van der Waals surface area contributed by atoms with Crippen molar-refractivity contribution in [3.63, 3.8) is 0 Å². The lowest BCUT2D eigenvalue weighted by atomic mass is 9.41. The second kappa shape index (κ2) is 9.36. The van der Waals surface area contributed by atoms with E-state index < -0.39 is 0 Å². The highest BCUT2D eigenvalue weighted by Crippen LogP contribution is 2.10. The lowest BCUT2D eigenvalue weighted by molar-refractivity contribution is 1.06. The summed E-state index contributed by atoms with van der Waals surface area (Å²) in [6, 6.07) is 15.5. The van der Waals surface area contributed by atoms with Crippen molar-refractivity contribution in [2.75, 3.05) is 0 Å². The van der Waals surface area contributed by atoms with Crippen LogP contribution in [0.15, 0.2) is 73.6 Å². The quantitative estimate of drug-likeness (QED) is 0.693. The number of rotatable bonds is 4. The Bertz CT molecular complexity index is 727. The minimum atomic E-state index is 0.0254. The Balaban J connectivity index is 0.000000249. The average Bonchev–Trinajstić information content (AvgIpc) is 3.13. The molecular weight excluding hydrogens is 338 g/mol. The van der Waals surface area contributed by atoms with Gasteiger partial charge in [-0.15, -0.1) is 12.6 Å².